The van der Waals surface area contributed by atoms with Crippen LogP contribution in [0.4, 0.5) is 0 Å². The van der Waals surface area contributed by atoms with Crippen LogP contribution in [0.1, 0.15) is 5.56 Å². The molecule has 0 saturated carbocycles. The predicted octanol–water partition coefficient (Wildman–Crippen LogP) is 0.306. The van der Waals surface area contributed by atoms with Crippen molar-refractivity contribution in [3.05, 3.63) is 63.4 Å². The second-order valence-corrected chi connectivity index (χ2v) is 4.41. The molecule has 1 aliphatic carbocycles. The van der Waals surface area contributed by atoms with Crippen molar-refractivity contribution in [3.8, 4) is 0 Å². The summed E-state index contributed by atoms with van der Waals surface area (Å²) in [5, 5.41) is 49.7. The molecule has 0 radical (unpaired) electrons. The second-order valence-electron chi connectivity index (χ2n) is 4.41. The number of nitrogens with zero attached hydrogens (tertiary/aromatic N) is 1. The van der Waals surface area contributed by atoms with E-state index in [0.717, 1.165) is 0 Å². The van der Waals surface area contributed by atoms with Gasteiger partial charge in [-0.25, -0.2) is 4.79 Å². The van der Waals surface area contributed by atoms with E-state index in [2.05, 4.69) is 0 Å². The van der Waals surface area contributed by atoms with Gasteiger partial charge >= 0.3 is 11.7 Å². The number of rotatable bonds is 3. The molecule has 0 aromatic heterocycles. The molecule has 110 valence electrons. The molecular formula is C13H11NO7. The lowest BCUT2D eigenvalue weighted by molar-refractivity contribution is -0.626. The molecule has 1 aliphatic rings. The summed E-state index contributed by atoms with van der Waals surface area (Å²) in [4.78, 5) is 20.9. The van der Waals surface area contributed by atoms with Gasteiger partial charge in [-0.05, 0) is 5.56 Å². The van der Waals surface area contributed by atoms with E-state index in [0.29, 0.717) is 6.08 Å². The van der Waals surface area contributed by atoms with Gasteiger partial charge in [0.25, 0.3) is 0 Å². The Hall–Kier alpha value is -2.71. The molecule has 2 atom stereocenters. The maximum atomic E-state index is 11.2. The molecule has 4 N–H and O–H groups in total. The fourth-order valence-electron chi connectivity index (χ4n) is 2.11. The van der Waals surface area contributed by atoms with E-state index in [4.69, 9.17) is 5.11 Å². The van der Waals surface area contributed by atoms with E-state index in [-0.39, 0.29) is 11.1 Å². The quantitative estimate of drug-likeness (QED) is 0.357. The third-order valence-corrected chi connectivity index (χ3v) is 3.20. The van der Waals surface area contributed by atoms with Gasteiger partial charge in [-0.15, -0.1) is 0 Å². The van der Waals surface area contributed by atoms with Gasteiger partial charge in [0.1, 0.15) is 0 Å². The van der Waals surface area contributed by atoms with E-state index in [9.17, 15) is 30.2 Å². The summed E-state index contributed by atoms with van der Waals surface area (Å²) in [6.07, 6.45) is -1.66. The highest BCUT2D eigenvalue weighted by Crippen LogP contribution is 2.37. The van der Waals surface area contributed by atoms with Crippen LogP contribution in [-0.4, -0.2) is 43.1 Å². The standard InChI is InChI=1S/C13H11NO7/c15-9-6-8(12(17)18)10(7-4-2-1-3-5-7)11(16)13(9,19)14(20)21/h1-6,11,15-16,19H,(H,17,18). The zero-order chi connectivity index (χ0) is 15.8. The maximum absolute atomic E-state index is 11.2. The number of carboxylic acid groups (broad SMARTS) is 1. The molecule has 0 fully saturated rings. The number of benzene rings is 1. The van der Waals surface area contributed by atoms with Crippen LogP contribution in [0, 0.1) is 10.1 Å². The number of hydrogen-bond donors (Lipinski definition) is 4. The SMILES string of the molecule is O=C(O)C1=C(c2ccccc2)C(O)C(O)([N+](=O)[O-])C(O)=C1. The Balaban J connectivity index is 2.74. The number of aliphatic hydroxyl groups excluding tert-OH is 2. The summed E-state index contributed by atoms with van der Waals surface area (Å²) in [5.41, 5.74) is -3.88. The monoisotopic (exact) mass is 293 g/mol. The Bertz CT molecular complexity index is 664. The molecule has 2 unspecified atom stereocenters. The lowest BCUT2D eigenvalue weighted by Gasteiger charge is -2.29. The Kier molecular flexibility index (Phi) is 3.50. The first-order valence-electron chi connectivity index (χ1n) is 5.79. The minimum absolute atomic E-state index is 0.187. The lowest BCUT2D eigenvalue weighted by atomic mass is 9.83. The van der Waals surface area contributed by atoms with Crippen molar-refractivity contribution in [2.75, 3.05) is 0 Å². The Morgan fingerprint density at radius 3 is 2.33 bits per heavy atom. The molecule has 0 amide bonds. The van der Waals surface area contributed by atoms with Crippen LogP contribution in [-0.2, 0) is 4.79 Å². The van der Waals surface area contributed by atoms with Crippen LogP contribution in [0.2, 0.25) is 0 Å². The molecule has 21 heavy (non-hydrogen) atoms. The first-order valence-corrected chi connectivity index (χ1v) is 5.79. The lowest BCUT2D eigenvalue weighted by Crippen LogP contribution is -2.53. The average Bonchev–Trinajstić information content (AvgIpc) is 2.44. The highest BCUT2D eigenvalue weighted by molar-refractivity contribution is 6.01. The normalized spacial score (nSPS) is 25.4. The van der Waals surface area contributed by atoms with Crippen molar-refractivity contribution in [1.82, 2.24) is 0 Å². The van der Waals surface area contributed by atoms with E-state index < -0.39 is 34.1 Å². The van der Waals surface area contributed by atoms with Crippen LogP contribution in [0.5, 0.6) is 0 Å². The molecule has 0 heterocycles. The van der Waals surface area contributed by atoms with Crippen molar-refractivity contribution in [3.63, 3.8) is 0 Å². The number of hydrogen-bond acceptors (Lipinski definition) is 6. The Labute approximate surface area is 118 Å². The number of nitro groups is 1. The van der Waals surface area contributed by atoms with Gasteiger partial charge in [0.05, 0.1) is 10.5 Å². The number of aliphatic carboxylic acids is 1. The van der Waals surface area contributed by atoms with Crippen molar-refractivity contribution in [2.45, 2.75) is 11.8 Å². The third-order valence-electron chi connectivity index (χ3n) is 3.20. The van der Waals surface area contributed by atoms with Gasteiger partial charge in [0.15, 0.2) is 6.10 Å². The van der Waals surface area contributed by atoms with Crippen LogP contribution in [0.3, 0.4) is 0 Å². The molecule has 8 nitrogen and oxygen atoms in total. The van der Waals surface area contributed by atoms with Crippen molar-refractivity contribution in [1.29, 1.82) is 0 Å². The van der Waals surface area contributed by atoms with Gasteiger partial charge in [0.2, 0.25) is 5.76 Å². The maximum Gasteiger partial charge on any atom is 0.410 e. The van der Waals surface area contributed by atoms with E-state index in [1.807, 2.05) is 0 Å². The summed E-state index contributed by atoms with van der Waals surface area (Å²) in [7, 11) is 0. The summed E-state index contributed by atoms with van der Waals surface area (Å²) in [6.45, 7) is 0. The molecule has 8 heteroatoms. The molecule has 1 aromatic carbocycles. The summed E-state index contributed by atoms with van der Waals surface area (Å²) in [6, 6.07) is 7.57. The zero-order valence-electron chi connectivity index (χ0n) is 10.5. The fraction of sp³-hybridized carbons (Fsp3) is 0.154. The van der Waals surface area contributed by atoms with Crippen LogP contribution in [0.25, 0.3) is 5.57 Å². The minimum atomic E-state index is -3.19. The molecule has 1 aromatic rings. The second kappa shape index (κ2) is 5.00. The third kappa shape index (κ3) is 2.16. The van der Waals surface area contributed by atoms with Gasteiger partial charge < -0.3 is 20.4 Å². The van der Waals surface area contributed by atoms with Crippen LogP contribution < -0.4 is 0 Å². The Morgan fingerprint density at radius 2 is 1.86 bits per heavy atom. The van der Waals surface area contributed by atoms with Crippen molar-refractivity contribution in [2.24, 2.45) is 0 Å². The number of carboxylic acids is 1. The number of carbonyl (C=O) groups is 1. The minimum Gasteiger partial charge on any atom is -0.504 e. The largest absolute Gasteiger partial charge is 0.504 e. The van der Waals surface area contributed by atoms with E-state index in [1.165, 1.54) is 24.3 Å². The average molecular weight is 293 g/mol. The van der Waals surface area contributed by atoms with Gasteiger partial charge in [0, 0.05) is 11.6 Å². The van der Waals surface area contributed by atoms with Crippen LogP contribution in [0.15, 0.2) is 47.7 Å². The summed E-state index contributed by atoms with van der Waals surface area (Å²) in [5.74, 6) is -2.73. The van der Waals surface area contributed by atoms with Crippen LogP contribution >= 0.6 is 0 Å². The molecule has 0 saturated heterocycles. The first-order chi connectivity index (χ1) is 9.80. The molecule has 2 rings (SSSR count). The molecule has 0 bridgehead atoms. The highest BCUT2D eigenvalue weighted by Gasteiger charge is 2.58. The van der Waals surface area contributed by atoms with E-state index >= 15 is 0 Å². The van der Waals surface area contributed by atoms with Gasteiger partial charge in [-0.1, -0.05) is 30.3 Å². The Morgan fingerprint density at radius 1 is 1.29 bits per heavy atom. The molecular weight excluding hydrogens is 282 g/mol. The van der Waals surface area contributed by atoms with Gasteiger partial charge in [-0.3, -0.25) is 10.1 Å². The first kappa shape index (κ1) is 14.7. The molecule has 0 aliphatic heterocycles. The predicted molar refractivity (Wildman–Crippen MR) is 69.7 cm³/mol. The smallest absolute Gasteiger partial charge is 0.410 e. The fourth-order valence-corrected chi connectivity index (χ4v) is 2.11. The zero-order valence-corrected chi connectivity index (χ0v) is 10.5. The highest BCUT2D eigenvalue weighted by atomic mass is 16.7. The van der Waals surface area contributed by atoms with Crippen molar-refractivity contribution < 1.29 is 30.1 Å². The van der Waals surface area contributed by atoms with Crippen molar-refractivity contribution >= 4 is 11.5 Å². The molecule has 0 spiro atoms. The summed E-state index contributed by atoms with van der Waals surface area (Å²) < 4.78 is 0. The summed E-state index contributed by atoms with van der Waals surface area (Å²) >= 11 is 0. The van der Waals surface area contributed by atoms with E-state index in [1.54, 1.807) is 6.07 Å². The number of aliphatic hydroxyl groups is 3. The topological polar surface area (TPSA) is 141 Å². The van der Waals surface area contributed by atoms with Gasteiger partial charge in [-0.2, -0.15) is 0 Å².